The first kappa shape index (κ1) is 9.40. The molecule has 0 unspecified atom stereocenters. The fraction of sp³-hybridized carbons (Fsp3) is 0. The Morgan fingerprint density at radius 2 is 2.15 bits per heavy atom. The summed E-state index contributed by atoms with van der Waals surface area (Å²) in [7, 11) is 0. The van der Waals surface area contributed by atoms with Crippen molar-refractivity contribution < 1.29 is 0 Å². The number of nitrogens with zero attached hydrogens (tertiary/aromatic N) is 2. The van der Waals surface area contributed by atoms with E-state index in [4.69, 9.17) is 0 Å². The van der Waals surface area contributed by atoms with Gasteiger partial charge in [-0.15, -0.1) is 0 Å². The average Bonchev–Trinajstić information content (AvgIpc) is 2.49. The van der Waals surface area contributed by atoms with Crippen LogP contribution in [0.5, 0.6) is 0 Å². The maximum atomic E-state index is 4.62. The second-order valence-electron chi connectivity index (χ2n) is 2.21. The van der Waals surface area contributed by atoms with Crippen LogP contribution in [-0.4, -0.2) is 20.3 Å². The SMILES string of the molecule is NC(N)=S.c1cnc2cn[nH]c2c1. The van der Waals surface area contributed by atoms with E-state index < -0.39 is 0 Å². The second-order valence-corrected chi connectivity index (χ2v) is 2.68. The highest BCUT2D eigenvalue weighted by atomic mass is 32.1. The third-order valence-electron chi connectivity index (χ3n) is 1.21. The summed E-state index contributed by atoms with van der Waals surface area (Å²) in [6.07, 6.45) is 3.45. The summed E-state index contributed by atoms with van der Waals surface area (Å²) in [6, 6.07) is 3.82. The number of aromatic nitrogens is 3. The lowest BCUT2D eigenvalue weighted by molar-refractivity contribution is 1.12. The number of nitrogens with two attached hydrogens (primary N) is 2. The average molecular weight is 195 g/mol. The third kappa shape index (κ3) is 3.04. The van der Waals surface area contributed by atoms with Crippen molar-refractivity contribution in [1.29, 1.82) is 0 Å². The third-order valence-corrected chi connectivity index (χ3v) is 1.21. The summed E-state index contributed by atoms with van der Waals surface area (Å²) < 4.78 is 0. The van der Waals surface area contributed by atoms with E-state index in [0.717, 1.165) is 11.0 Å². The minimum Gasteiger partial charge on any atom is -0.377 e. The molecule has 2 rings (SSSR count). The van der Waals surface area contributed by atoms with Crippen molar-refractivity contribution in [2.75, 3.05) is 0 Å². The van der Waals surface area contributed by atoms with E-state index in [2.05, 4.69) is 38.9 Å². The molecule has 0 bridgehead atoms. The lowest BCUT2D eigenvalue weighted by Gasteiger charge is -1.80. The number of fused-ring (bicyclic) bond motifs is 1. The van der Waals surface area contributed by atoms with E-state index in [1.54, 1.807) is 12.4 Å². The summed E-state index contributed by atoms with van der Waals surface area (Å²) in [6.45, 7) is 0. The number of H-pyrrole nitrogens is 1. The summed E-state index contributed by atoms with van der Waals surface area (Å²) in [5.74, 6) is 0. The van der Waals surface area contributed by atoms with Crippen molar-refractivity contribution in [1.82, 2.24) is 15.2 Å². The number of pyridine rings is 1. The highest BCUT2D eigenvalue weighted by Crippen LogP contribution is 2.02. The number of nitrogens with one attached hydrogen (secondary N) is 1. The van der Waals surface area contributed by atoms with Crippen LogP contribution in [-0.2, 0) is 0 Å². The van der Waals surface area contributed by atoms with Crippen molar-refractivity contribution >= 4 is 28.4 Å². The fourth-order valence-electron chi connectivity index (χ4n) is 0.778. The molecular weight excluding hydrogens is 186 g/mol. The molecule has 2 heterocycles. The van der Waals surface area contributed by atoms with Crippen LogP contribution in [0.1, 0.15) is 0 Å². The van der Waals surface area contributed by atoms with Gasteiger partial charge in [-0.2, -0.15) is 5.10 Å². The Hall–Kier alpha value is -1.69. The van der Waals surface area contributed by atoms with Crippen LogP contribution in [0, 0.1) is 0 Å². The molecule has 0 amide bonds. The molecule has 2 aromatic heterocycles. The van der Waals surface area contributed by atoms with Gasteiger partial charge in [-0.1, -0.05) is 0 Å². The fourth-order valence-corrected chi connectivity index (χ4v) is 0.778. The van der Waals surface area contributed by atoms with Gasteiger partial charge in [-0.05, 0) is 24.4 Å². The molecule has 2 aromatic rings. The Morgan fingerprint density at radius 3 is 2.77 bits per heavy atom. The van der Waals surface area contributed by atoms with E-state index in [1.165, 1.54) is 0 Å². The maximum Gasteiger partial charge on any atom is 0.160 e. The van der Waals surface area contributed by atoms with Gasteiger partial charge in [-0.25, -0.2) is 0 Å². The van der Waals surface area contributed by atoms with Gasteiger partial charge < -0.3 is 11.5 Å². The summed E-state index contributed by atoms with van der Waals surface area (Å²) >= 11 is 4.09. The number of hydrogen-bond acceptors (Lipinski definition) is 3. The largest absolute Gasteiger partial charge is 0.377 e. The van der Waals surface area contributed by atoms with Crippen molar-refractivity contribution in [3.05, 3.63) is 24.5 Å². The molecule has 0 saturated heterocycles. The molecule has 0 aliphatic rings. The highest BCUT2D eigenvalue weighted by molar-refractivity contribution is 7.80. The Balaban J connectivity index is 0.000000184. The molecular formula is C7H9N5S. The zero-order valence-corrected chi connectivity index (χ0v) is 7.58. The van der Waals surface area contributed by atoms with Gasteiger partial charge in [0, 0.05) is 6.20 Å². The Bertz CT molecular complexity index is 362. The molecule has 0 atom stereocenters. The molecule has 0 aliphatic carbocycles. The smallest absolute Gasteiger partial charge is 0.160 e. The topological polar surface area (TPSA) is 93.6 Å². The highest BCUT2D eigenvalue weighted by Gasteiger charge is 1.89. The number of aromatic amines is 1. The predicted octanol–water partition coefficient (Wildman–Crippen LogP) is 0.147. The monoisotopic (exact) mass is 195 g/mol. The quantitative estimate of drug-likeness (QED) is 0.520. The van der Waals surface area contributed by atoms with Crippen LogP contribution in [0.25, 0.3) is 11.0 Å². The van der Waals surface area contributed by atoms with Gasteiger partial charge in [0.25, 0.3) is 0 Å². The van der Waals surface area contributed by atoms with Crippen LogP contribution >= 0.6 is 12.2 Å². The molecule has 0 radical (unpaired) electrons. The Morgan fingerprint density at radius 1 is 1.46 bits per heavy atom. The van der Waals surface area contributed by atoms with Crippen LogP contribution in [0.3, 0.4) is 0 Å². The standard InChI is InChI=1S/C6H5N3.CH4N2S/c1-2-5-6(7-3-1)4-8-9-5;2-1(3)4/h1-4H,(H,8,9);(H4,2,3,4). The molecule has 0 fully saturated rings. The minimum atomic E-state index is 0.000000000000000222. The lowest BCUT2D eigenvalue weighted by atomic mass is 10.4. The lowest BCUT2D eigenvalue weighted by Crippen LogP contribution is -2.18. The normalized spacial score (nSPS) is 8.92. The van der Waals surface area contributed by atoms with Gasteiger partial charge in [0.15, 0.2) is 5.11 Å². The van der Waals surface area contributed by atoms with Crippen LogP contribution in [0.15, 0.2) is 24.5 Å². The molecule has 13 heavy (non-hydrogen) atoms. The molecule has 5 N–H and O–H groups in total. The number of hydrogen-bond donors (Lipinski definition) is 3. The zero-order chi connectivity index (χ0) is 9.68. The van der Waals surface area contributed by atoms with Gasteiger partial charge in [0.1, 0.15) is 5.52 Å². The molecule has 5 nitrogen and oxygen atoms in total. The molecule has 0 aromatic carbocycles. The first-order valence-electron chi connectivity index (χ1n) is 3.49. The molecule has 68 valence electrons. The van der Waals surface area contributed by atoms with Gasteiger partial charge >= 0.3 is 0 Å². The Kier molecular flexibility index (Phi) is 3.15. The van der Waals surface area contributed by atoms with Crippen LogP contribution in [0.2, 0.25) is 0 Å². The van der Waals surface area contributed by atoms with E-state index in [-0.39, 0.29) is 5.11 Å². The van der Waals surface area contributed by atoms with E-state index in [1.807, 2.05) is 12.1 Å². The molecule has 0 aliphatic heterocycles. The van der Waals surface area contributed by atoms with Gasteiger partial charge in [-0.3, -0.25) is 10.1 Å². The molecule has 0 saturated carbocycles. The summed E-state index contributed by atoms with van der Waals surface area (Å²) in [5.41, 5.74) is 11.1. The first-order chi connectivity index (χ1) is 6.20. The summed E-state index contributed by atoms with van der Waals surface area (Å²) in [5, 5.41) is 6.62. The van der Waals surface area contributed by atoms with E-state index in [9.17, 15) is 0 Å². The van der Waals surface area contributed by atoms with E-state index >= 15 is 0 Å². The first-order valence-corrected chi connectivity index (χ1v) is 3.90. The number of rotatable bonds is 0. The van der Waals surface area contributed by atoms with Gasteiger partial charge in [0.2, 0.25) is 0 Å². The predicted molar refractivity (Wildman–Crippen MR) is 54.9 cm³/mol. The van der Waals surface area contributed by atoms with Crippen molar-refractivity contribution in [2.45, 2.75) is 0 Å². The van der Waals surface area contributed by atoms with Crippen LogP contribution in [0.4, 0.5) is 0 Å². The molecule has 6 heteroatoms. The van der Waals surface area contributed by atoms with Crippen molar-refractivity contribution in [3.63, 3.8) is 0 Å². The zero-order valence-electron chi connectivity index (χ0n) is 6.77. The van der Waals surface area contributed by atoms with Crippen LogP contribution < -0.4 is 11.5 Å². The summed E-state index contributed by atoms with van der Waals surface area (Å²) in [4.78, 5) is 4.05. The van der Waals surface area contributed by atoms with Crippen molar-refractivity contribution in [3.8, 4) is 0 Å². The van der Waals surface area contributed by atoms with Gasteiger partial charge in [0.05, 0.1) is 11.7 Å². The number of thiocarbonyl (C=S) groups is 1. The van der Waals surface area contributed by atoms with E-state index in [0.29, 0.717) is 0 Å². The molecule has 0 spiro atoms. The maximum absolute atomic E-state index is 4.62. The van der Waals surface area contributed by atoms with Crippen molar-refractivity contribution in [2.24, 2.45) is 11.5 Å². The second kappa shape index (κ2) is 4.36. The Labute approximate surface area is 80.1 Å². The minimum absolute atomic E-state index is 0.000000000000000222.